The van der Waals surface area contributed by atoms with Gasteiger partial charge in [0.15, 0.2) is 0 Å². The van der Waals surface area contributed by atoms with Gasteiger partial charge in [-0.2, -0.15) is 0 Å². The van der Waals surface area contributed by atoms with Gasteiger partial charge in [-0.1, -0.05) is 73.2 Å². The van der Waals surface area contributed by atoms with Crippen LogP contribution in [-0.4, -0.2) is 34.6 Å². The molecular weight excluding hydrogens is 475 g/mol. The molecule has 1 N–H and O–H groups in total. The molecule has 1 fully saturated rings. The van der Waals surface area contributed by atoms with E-state index >= 15 is 0 Å². The van der Waals surface area contributed by atoms with Crippen molar-refractivity contribution in [1.82, 2.24) is 10.2 Å². The molecule has 0 bridgehead atoms. The maximum atomic E-state index is 13.4. The summed E-state index contributed by atoms with van der Waals surface area (Å²) in [4.78, 5) is 29.4. The third-order valence-corrected chi connectivity index (χ3v) is 7.82. The van der Waals surface area contributed by atoms with E-state index in [0.29, 0.717) is 22.0 Å². The summed E-state index contributed by atoms with van der Waals surface area (Å²) in [6, 6.07) is 13.0. The Bertz CT molecular complexity index is 926. The standard InChI is InChI=1S/C26H32Cl2N2O2S/c1-3-24(26(32)29-19-8-5-4-6-9-19)30(16-21-22(27)10-7-11-23(21)28)25(31)17-33-20-14-12-18(2)13-15-20/h7,10-15,19,24H,3-6,8-9,16-17H2,1-2H3,(H,29,32)/t24-/m0/s1. The van der Waals surface area contributed by atoms with E-state index in [4.69, 9.17) is 23.2 Å². The number of benzene rings is 2. The Labute approximate surface area is 211 Å². The van der Waals surface area contributed by atoms with Crippen molar-refractivity contribution in [3.8, 4) is 0 Å². The lowest BCUT2D eigenvalue weighted by molar-refractivity contribution is -0.139. The highest BCUT2D eigenvalue weighted by Gasteiger charge is 2.31. The number of nitrogens with one attached hydrogen (secondary N) is 1. The fraction of sp³-hybridized carbons (Fsp3) is 0.462. The number of hydrogen-bond donors (Lipinski definition) is 1. The molecule has 1 saturated carbocycles. The van der Waals surface area contributed by atoms with Crippen molar-refractivity contribution in [2.24, 2.45) is 0 Å². The molecule has 2 amide bonds. The first kappa shape index (κ1) is 25.9. The van der Waals surface area contributed by atoms with Crippen LogP contribution in [0.5, 0.6) is 0 Å². The number of carbonyl (C=O) groups excluding carboxylic acids is 2. The van der Waals surface area contributed by atoms with Crippen molar-refractivity contribution in [2.45, 2.75) is 75.9 Å². The van der Waals surface area contributed by atoms with Crippen molar-refractivity contribution >= 4 is 46.8 Å². The Morgan fingerprint density at radius 2 is 1.70 bits per heavy atom. The van der Waals surface area contributed by atoms with E-state index in [1.807, 2.05) is 38.1 Å². The van der Waals surface area contributed by atoms with Crippen LogP contribution in [0.3, 0.4) is 0 Å². The lowest BCUT2D eigenvalue weighted by Crippen LogP contribution is -2.52. The Kier molecular flexibility index (Phi) is 9.96. The van der Waals surface area contributed by atoms with Gasteiger partial charge >= 0.3 is 0 Å². The van der Waals surface area contributed by atoms with Gasteiger partial charge in [0.25, 0.3) is 0 Å². The van der Waals surface area contributed by atoms with Gasteiger partial charge in [0.2, 0.25) is 11.8 Å². The topological polar surface area (TPSA) is 49.4 Å². The van der Waals surface area contributed by atoms with Crippen LogP contribution < -0.4 is 5.32 Å². The van der Waals surface area contributed by atoms with E-state index in [9.17, 15) is 9.59 Å². The van der Waals surface area contributed by atoms with Crippen LogP contribution in [0, 0.1) is 6.92 Å². The molecule has 0 heterocycles. The number of hydrogen-bond acceptors (Lipinski definition) is 3. The fourth-order valence-corrected chi connectivity index (χ4v) is 5.48. The van der Waals surface area contributed by atoms with Crippen molar-refractivity contribution < 1.29 is 9.59 Å². The van der Waals surface area contributed by atoms with Crippen molar-refractivity contribution in [1.29, 1.82) is 0 Å². The molecule has 0 unspecified atom stereocenters. The second-order valence-corrected chi connectivity index (χ2v) is 10.5. The second-order valence-electron chi connectivity index (χ2n) is 8.59. The van der Waals surface area contributed by atoms with Gasteiger partial charge in [0.05, 0.1) is 5.75 Å². The second kappa shape index (κ2) is 12.7. The Balaban J connectivity index is 1.79. The quantitative estimate of drug-likeness (QED) is 0.387. The van der Waals surface area contributed by atoms with E-state index in [1.54, 1.807) is 23.1 Å². The number of aryl methyl sites for hydroxylation is 1. The summed E-state index contributed by atoms with van der Waals surface area (Å²) in [5.41, 5.74) is 1.84. The molecule has 33 heavy (non-hydrogen) atoms. The highest BCUT2D eigenvalue weighted by atomic mass is 35.5. The zero-order valence-corrected chi connectivity index (χ0v) is 21.6. The molecule has 2 aromatic rings. The van der Waals surface area contributed by atoms with Crippen molar-refractivity contribution in [3.05, 3.63) is 63.6 Å². The minimum Gasteiger partial charge on any atom is -0.352 e. The third kappa shape index (κ3) is 7.40. The first-order valence-corrected chi connectivity index (χ1v) is 13.4. The van der Waals surface area contributed by atoms with Crippen molar-refractivity contribution in [2.75, 3.05) is 5.75 Å². The van der Waals surface area contributed by atoms with Crippen LogP contribution in [0.15, 0.2) is 47.4 Å². The molecule has 7 heteroatoms. The number of thioether (sulfide) groups is 1. The van der Waals surface area contributed by atoms with Crippen LogP contribution in [0.25, 0.3) is 0 Å². The predicted octanol–water partition coefficient (Wildman–Crippen LogP) is 6.65. The summed E-state index contributed by atoms with van der Waals surface area (Å²) >= 11 is 14.3. The summed E-state index contributed by atoms with van der Waals surface area (Å²) in [6.07, 6.45) is 5.99. The summed E-state index contributed by atoms with van der Waals surface area (Å²) in [5, 5.41) is 4.18. The van der Waals surface area contributed by atoms with Gasteiger partial charge < -0.3 is 10.2 Å². The molecule has 1 atom stereocenters. The van der Waals surface area contributed by atoms with Crippen LogP contribution in [0.4, 0.5) is 0 Å². The van der Waals surface area contributed by atoms with Gasteiger partial charge in [-0.05, 0) is 50.5 Å². The minimum atomic E-state index is -0.578. The molecule has 0 saturated heterocycles. The van der Waals surface area contributed by atoms with E-state index < -0.39 is 6.04 Å². The number of carbonyl (C=O) groups is 2. The Morgan fingerprint density at radius 3 is 2.30 bits per heavy atom. The molecule has 3 rings (SSSR count). The smallest absolute Gasteiger partial charge is 0.243 e. The molecule has 0 aliphatic heterocycles. The number of rotatable bonds is 9. The predicted molar refractivity (Wildman–Crippen MR) is 138 cm³/mol. The number of halogens is 2. The lowest BCUT2D eigenvalue weighted by atomic mass is 9.95. The lowest BCUT2D eigenvalue weighted by Gasteiger charge is -2.33. The third-order valence-electron chi connectivity index (χ3n) is 6.11. The molecule has 0 radical (unpaired) electrons. The maximum Gasteiger partial charge on any atom is 0.243 e. The van der Waals surface area contributed by atoms with Gasteiger partial charge in [-0.3, -0.25) is 9.59 Å². The summed E-state index contributed by atoms with van der Waals surface area (Å²) < 4.78 is 0. The van der Waals surface area contributed by atoms with Gasteiger partial charge in [-0.25, -0.2) is 0 Å². The largest absolute Gasteiger partial charge is 0.352 e. The normalized spacial score (nSPS) is 15.2. The molecule has 0 spiro atoms. The van der Waals surface area contributed by atoms with Gasteiger partial charge in [-0.15, -0.1) is 11.8 Å². The molecule has 1 aliphatic rings. The summed E-state index contributed by atoms with van der Waals surface area (Å²) in [6.45, 7) is 4.17. The Morgan fingerprint density at radius 1 is 1.06 bits per heavy atom. The molecule has 2 aromatic carbocycles. The maximum absolute atomic E-state index is 13.4. The van der Waals surface area contributed by atoms with E-state index in [1.165, 1.54) is 23.7 Å². The first-order valence-electron chi connectivity index (χ1n) is 11.6. The number of nitrogens with zero attached hydrogens (tertiary/aromatic N) is 1. The molecular formula is C26H32Cl2N2O2S. The highest BCUT2D eigenvalue weighted by molar-refractivity contribution is 8.00. The molecule has 1 aliphatic carbocycles. The van der Waals surface area contributed by atoms with Crippen LogP contribution in [0.1, 0.15) is 56.6 Å². The van der Waals surface area contributed by atoms with Crippen LogP contribution in [-0.2, 0) is 16.1 Å². The molecule has 4 nitrogen and oxygen atoms in total. The zero-order valence-electron chi connectivity index (χ0n) is 19.3. The van der Waals surface area contributed by atoms with E-state index in [-0.39, 0.29) is 30.2 Å². The van der Waals surface area contributed by atoms with E-state index in [2.05, 4.69) is 5.32 Å². The first-order chi connectivity index (χ1) is 15.9. The number of amides is 2. The zero-order chi connectivity index (χ0) is 23.8. The van der Waals surface area contributed by atoms with Gasteiger partial charge in [0, 0.05) is 33.1 Å². The summed E-state index contributed by atoms with van der Waals surface area (Å²) in [5.74, 6) is 0.0293. The average Bonchev–Trinajstić information content (AvgIpc) is 2.81. The van der Waals surface area contributed by atoms with E-state index in [0.717, 1.165) is 30.6 Å². The summed E-state index contributed by atoms with van der Waals surface area (Å²) in [7, 11) is 0. The Hall–Kier alpha value is -1.69. The van der Waals surface area contributed by atoms with Gasteiger partial charge in [0.1, 0.15) is 6.04 Å². The average molecular weight is 508 g/mol. The monoisotopic (exact) mass is 506 g/mol. The highest BCUT2D eigenvalue weighted by Crippen LogP contribution is 2.28. The fourth-order valence-electron chi connectivity index (χ4n) is 4.18. The van der Waals surface area contributed by atoms with Crippen molar-refractivity contribution in [3.63, 3.8) is 0 Å². The van der Waals surface area contributed by atoms with Crippen LogP contribution >= 0.6 is 35.0 Å². The van der Waals surface area contributed by atoms with Crippen LogP contribution in [0.2, 0.25) is 10.0 Å². The molecule has 0 aromatic heterocycles. The minimum absolute atomic E-state index is 0.0961. The molecule has 178 valence electrons. The SMILES string of the molecule is CC[C@@H](C(=O)NC1CCCCC1)N(Cc1c(Cl)cccc1Cl)C(=O)CSc1ccc(C)cc1.